The van der Waals surface area contributed by atoms with Crippen molar-refractivity contribution in [2.45, 2.75) is 24.5 Å². The fraction of sp³-hybridized carbons (Fsp3) is 0.308. The van der Waals surface area contributed by atoms with Gasteiger partial charge >= 0.3 is 0 Å². The highest BCUT2D eigenvalue weighted by Crippen LogP contribution is 2.16. The van der Waals surface area contributed by atoms with Gasteiger partial charge in [-0.25, -0.2) is 19.9 Å². The minimum atomic E-state index is -0.136. The van der Waals surface area contributed by atoms with Crippen LogP contribution in [-0.2, 0) is 29.7 Å². The van der Waals surface area contributed by atoms with Gasteiger partial charge in [0.2, 0.25) is 11.8 Å². The summed E-state index contributed by atoms with van der Waals surface area (Å²) in [7, 11) is 0. The molecule has 0 spiro atoms. The molecule has 2 amide bonds. The second-order valence-electron chi connectivity index (χ2n) is 7.95. The van der Waals surface area contributed by atoms with Crippen molar-refractivity contribution in [1.82, 2.24) is 19.9 Å². The first-order valence-corrected chi connectivity index (χ1v) is 14.0. The smallest absolute Gasteiger partial charge is 0.222 e. The van der Waals surface area contributed by atoms with Gasteiger partial charge in [0.05, 0.1) is 37.8 Å². The molecule has 1 fully saturated rings. The van der Waals surface area contributed by atoms with Crippen LogP contribution in [0.1, 0.15) is 25.2 Å². The lowest BCUT2D eigenvalue weighted by Gasteiger charge is -2.09. The first-order valence-electron chi connectivity index (χ1n) is 11.7. The van der Waals surface area contributed by atoms with Crippen LogP contribution in [0.5, 0.6) is 0 Å². The number of nitrogens with one attached hydrogen (secondary N) is 2. The number of halogens is 2. The van der Waals surface area contributed by atoms with Crippen LogP contribution >= 0.6 is 31.9 Å². The number of ether oxygens (including phenoxy) is 2. The van der Waals surface area contributed by atoms with E-state index in [1.165, 1.54) is 13.8 Å². The van der Waals surface area contributed by atoms with Crippen LogP contribution in [0.25, 0.3) is 22.1 Å². The molecule has 0 radical (unpaired) electrons. The van der Waals surface area contributed by atoms with Gasteiger partial charge in [-0.15, -0.1) is 0 Å². The van der Waals surface area contributed by atoms with Gasteiger partial charge in [0.1, 0.15) is 11.6 Å². The van der Waals surface area contributed by atoms with Gasteiger partial charge < -0.3 is 20.1 Å². The first kappa shape index (κ1) is 29.5. The lowest BCUT2D eigenvalue weighted by molar-refractivity contribution is -0.115. The zero-order valence-corrected chi connectivity index (χ0v) is 24.2. The number of hydrogen-bond acceptors (Lipinski definition) is 8. The minimum Gasteiger partial charge on any atom is -0.377 e. The number of aromatic nitrogens is 4. The minimum absolute atomic E-state index is 0.136. The highest BCUT2D eigenvalue weighted by molar-refractivity contribution is 9.08. The highest BCUT2D eigenvalue weighted by atomic mass is 79.9. The van der Waals surface area contributed by atoms with E-state index >= 15 is 0 Å². The quantitative estimate of drug-likeness (QED) is 0.296. The van der Waals surface area contributed by atoms with Gasteiger partial charge in [-0.1, -0.05) is 31.9 Å². The largest absolute Gasteiger partial charge is 0.377 e. The summed E-state index contributed by atoms with van der Waals surface area (Å²) in [5, 5.41) is 8.56. The summed E-state index contributed by atoms with van der Waals surface area (Å²) in [5.74, 6) is 0.783. The van der Waals surface area contributed by atoms with E-state index in [1.54, 1.807) is 12.1 Å². The fourth-order valence-corrected chi connectivity index (χ4v) is 3.79. The normalized spacial score (nSPS) is 12.5. The maximum atomic E-state index is 10.9. The molecule has 5 heterocycles. The van der Waals surface area contributed by atoms with Crippen molar-refractivity contribution in [3.05, 3.63) is 59.9 Å². The van der Waals surface area contributed by atoms with Crippen molar-refractivity contribution in [3.8, 4) is 0 Å². The van der Waals surface area contributed by atoms with Crippen molar-refractivity contribution in [1.29, 1.82) is 0 Å². The molecule has 1 saturated heterocycles. The third-order valence-corrected chi connectivity index (χ3v) is 6.00. The molecular weight excluding hydrogens is 620 g/mol. The standard InChI is InChI=1S/2C11H10BrN3O.C4H8O2/c2*1-7(16)13-10-5-3-8-2-4-9(6-12)14-11(8)15-10;1-2-6-4-3-5-1/h2*2-5H,6H2,1H3,(H,13,14,15,16);1-4H2. The number of fused-ring (bicyclic) bond motifs is 2. The van der Waals surface area contributed by atoms with Crippen LogP contribution in [-0.4, -0.2) is 58.2 Å². The average molecular weight is 648 g/mol. The molecule has 0 atom stereocenters. The molecule has 0 aromatic carbocycles. The molecule has 38 heavy (non-hydrogen) atoms. The molecule has 0 aliphatic carbocycles. The lowest BCUT2D eigenvalue weighted by atomic mass is 10.2. The van der Waals surface area contributed by atoms with Crippen LogP contribution < -0.4 is 10.6 Å². The van der Waals surface area contributed by atoms with Crippen molar-refractivity contribution in [2.24, 2.45) is 0 Å². The van der Waals surface area contributed by atoms with E-state index in [1.807, 2.05) is 36.4 Å². The fourth-order valence-electron chi connectivity index (χ4n) is 3.16. The highest BCUT2D eigenvalue weighted by Gasteiger charge is 2.03. The number of anilines is 2. The Kier molecular flexibility index (Phi) is 11.9. The van der Waals surface area contributed by atoms with Gasteiger partial charge in [0, 0.05) is 35.3 Å². The van der Waals surface area contributed by atoms with Gasteiger partial charge in [-0.05, 0) is 48.5 Å². The first-order chi connectivity index (χ1) is 18.4. The molecule has 1 aliphatic rings. The summed E-state index contributed by atoms with van der Waals surface area (Å²) in [5.41, 5.74) is 3.12. The molecule has 0 unspecified atom stereocenters. The van der Waals surface area contributed by atoms with Crippen molar-refractivity contribution >= 4 is 77.4 Å². The maximum Gasteiger partial charge on any atom is 0.222 e. The van der Waals surface area contributed by atoms with Gasteiger partial charge in [0.15, 0.2) is 11.3 Å². The number of pyridine rings is 4. The monoisotopic (exact) mass is 646 g/mol. The predicted molar refractivity (Wildman–Crippen MR) is 155 cm³/mol. The Morgan fingerprint density at radius 2 is 1.03 bits per heavy atom. The molecule has 0 bridgehead atoms. The number of carbonyl (C=O) groups excluding carboxylic acids is 2. The maximum absolute atomic E-state index is 10.9. The van der Waals surface area contributed by atoms with Crippen LogP contribution in [0, 0.1) is 0 Å². The third-order valence-electron chi connectivity index (χ3n) is 4.85. The Morgan fingerprint density at radius 3 is 1.34 bits per heavy atom. The lowest BCUT2D eigenvalue weighted by Crippen LogP contribution is -2.16. The van der Waals surface area contributed by atoms with E-state index in [-0.39, 0.29) is 11.8 Å². The summed E-state index contributed by atoms with van der Waals surface area (Å²) < 4.78 is 9.89. The Morgan fingerprint density at radius 1 is 0.658 bits per heavy atom. The molecular formula is C26H28Br2N6O4. The summed E-state index contributed by atoms with van der Waals surface area (Å²) in [6.45, 7) is 6.02. The Hall–Kier alpha value is -3.06. The van der Waals surface area contributed by atoms with E-state index in [0.717, 1.165) is 48.6 Å². The number of hydrogen-bond donors (Lipinski definition) is 2. The van der Waals surface area contributed by atoms with Crippen LogP contribution in [0.4, 0.5) is 11.6 Å². The predicted octanol–water partition coefficient (Wildman–Crippen LogP) is 5.00. The summed E-state index contributed by atoms with van der Waals surface area (Å²) >= 11 is 6.68. The zero-order valence-electron chi connectivity index (χ0n) is 21.0. The molecule has 12 heteroatoms. The molecule has 0 saturated carbocycles. The SMILES string of the molecule is C1COCCO1.CC(=O)Nc1ccc2ccc(CBr)nc2n1.CC(=O)Nc1ccc2ccc(CBr)nc2n1. The van der Waals surface area contributed by atoms with Crippen molar-refractivity contribution in [2.75, 3.05) is 37.1 Å². The second kappa shape index (κ2) is 15.4. The van der Waals surface area contributed by atoms with Crippen molar-refractivity contribution in [3.63, 3.8) is 0 Å². The van der Waals surface area contributed by atoms with Crippen LogP contribution in [0.3, 0.4) is 0 Å². The van der Waals surface area contributed by atoms with Crippen molar-refractivity contribution < 1.29 is 19.1 Å². The van der Waals surface area contributed by atoms with E-state index in [2.05, 4.69) is 62.4 Å². The van der Waals surface area contributed by atoms with Gasteiger partial charge in [-0.3, -0.25) is 9.59 Å². The molecule has 4 aromatic rings. The number of alkyl halides is 2. The molecule has 4 aromatic heterocycles. The number of amides is 2. The molecule has 5 rings (SSSR count). The molecule has 200 valence electrons. The zero-order chi connectivity index (χ0) is 27.3. The molecule has 10 nitrogen and oxygen atoms in total. The topological polar surface area (TPSA) is 128 Å². The summed E-state index contributed by atoms with van der Waals surface area (Å²) in [4.78, 5) is 39.0. The van der Waals surface area contributed by atoms with E-state index in [9.17, 15) is 9.59 Å². The molecule has 1 aliphatic heterocycles. The van der Waals surface area contributed by atoms with Gasteiger partial charge in [0.25, 0.3) is 0 Å². The van der Waals surface area contributed by atoms with Crippen LogP contribution in [0.2, 0.25) is 0 Å². The van der Waals surface area contributed by atoms with Crippen LogP contribution in [0.15, 0.2) is 48.5 Å². The third kappa shape index (κ3) is 9.67. The number of carbonyl (C=O) groups is 2. The average Bonchev–Trinajstić information content (AvgIpc) is 2.93. The molecule has 2 N–H and O–H groups in total. The Balaban J connectivity index is 0.000000173. The Labute approximate surface area is 237 Å². The summed E-state index contributed by atoms with van der Waals surface area (Å²) in [6, 6.07) is 15.1. The number of nitrogens with zero attached hydrogens (tertiary/aromatic N) is 4. The Bertz CT molecular complexity index is 1270. The summed E-state index contributed by atoms with van der Waals surface area (Å²) in [6.07, 6.45) is 0. The van der Waals surface area contributed by atoms with E-state index in [4.69, 9.17) is 9.47 Å². The second-order valence-corrected chi connectivity index (χ2v) is 9.07. The van der Waals surface area contributed by atoms with Gasteiger partial charge in [-0.2, -0.15) is 0 Å². The van der Waals surface area contributed by atoms with E-state index < -0.39 is 0 Å². The number of rotatable bonds is 4. The van der Waals surface area contributed by atoms with E-state index in [0.29, 0.717) is 33.6 Å².